The van der Waals surface area contributed by atoms with E-state index in [1.807, 2.05) is 18.5 Å². The Morgan fingerprint density at radius 2 is 2.25 bits per heavy atom. The maximum absolute atomic E-state index is 13.3. The quantitative estimate of drug-likeness (QED) is 0.856. The van der Waals surface area contributed by atoms with E-state index in [2.05, 4.69) is 21.1 Å². The lowest BCUT2D eigenvalue weighted by Gasteiger charge is -2.33. The van der Waals surface area contributed by atoms with Crippen LogP contribution in [0.5, 0.6) is 0 Å². The van der Waals surface area contributed by atoms with Crippen molar-refractivity contribution in [3.8, 4) is 6.07 Å². The van der Waals surface area contributed by atoms with E-state index in [4.69, 9.17) is 4.74 Å². The maximum atomic E-state index is 13.3. The summed E-state index contributed by atoms with van der Waals surface area (Å²) in [5.41, 5.74) is 1.23. The Balaban J connectivity index is 1.66. The molecule has 0 radical (unpaired) electrons. The molecule has 1 aliphatic heterocycles. The van der Waals surface area contributed by atoms with Gasteiger partial charge in [0, 0.05) is 19.6 Å². The van der Waals surface area contributed by atoms with Gasteiger partial charge in [0.05, 0.1) is 30.9 Å². The number of hydrogen-bond acceptors (Lipinski definition) is 5. The van der Waals surface area contributed by atoms with Gasteiger partial charge < -0.3 is 4.74 Å². The van der Waals surface area contributed by atoms with Gasteiger partial charge in [-0.1, -0.05) is 6.07 Å². The molecule has 126 valence electrons. The molecule has 6 nitrogen and oxygen atoms in total. The van der Waals surface area contributed by atoms with E-state index in [1.54, 1.807) is 6.07 Å². The van der Waals surface area contributed by atoms with Crippen LogP contribution in [0.3, 0.4) is 0 Å². The summed E-state index contributed by atoms with van der Waals surface area (Å²) < 4.78 is 21.0. The van der Waals surface area contributed by atoms with Crippen LogP contribution < -0.4 is 0 Å². The normalized spacial score (nSPS) is 18.5. The third-order valence-electron chi connectivity index (χ3n) is 4.15. The van der Waals surface area contributed by atoms with Gasteiger partial charge in [-0.3, -0.25) is 4.90 Å². The molecule has 24 heavy (non-hydrogen) atoms. The van der Waals surface area contributed by atoms with E-state index in [9.17, 15) is 9.65 Å². The van der Waals surface area contributed by atoms with Crippen molar-refractivity contribution in [2.45, 2.75) is 33.0 Å². The lowest BCUT2D eigenvalue weighted by atomic mass is 10.1. The average Bonchev–Trinajstić information content (AvgIpc) is 2.87. The second kappa shape index (κ2) is 7.07. The molecule has 0 saturated carbocycles. The van der Waals surface area contributed by atoms with Crippen LogP contribution in [0.1, 0.15) is 22.8 Å². The Bertz CT molecular complexity index is 767. The van der Waals surface area contributed by atoms with Crippen molar-refractivity contribution in [3.63, 3.8) is 0 Å². The average molecular weight is 329 g/mol. The zero-order valence-corrected chi connectivity index (χ0v) is 13.9. The first-order chi connectivity index (χ1) is 11.5. The first kappa shape index (κ1) is 16.6. The molecule has 1 atom stereocenters. The van der Waals surface area contributed by atoms with E-state index < -0.39 is 0 Å². The van der Waals surface area contributed by atoms with Crippen molar-refractivity contribution in [3.05, 3.63) is 46.8 Å². The van der Waals surface area contributed by atoms with Gasteiger partial charge in [-0.25, -0.2) is 14.1 Å². The number of nitrogens with zero attached hydrogens (tertiary/aromatic N) is 5. The highest BCUT2D eigenvalue weighted by atomic mass is 19.1. The first-order valence-electron chi connectivity index (χ1n) is 7.95. The van der Waals surface area contributed by atoms with Crippen molar-refractivity contribution in [1.29, 1.82) is 5.26 Å². The minimum atomic E-state index is -0.382. The van der Waals surface area contributed by atoms with Crippen LogP contribution in [0.2, 0.25) is 0 Å². The van der Waals surface area contributed by atoms with Crippen LogP contribution in [0.25, 0.3) is 0 Å². The van der Waals surface area contributed by atoms with Gasteiger partial charge in [-0.2, -0.15) is 10.4 Å². The van der Waals surface area contributed by atoms with Crippen molar-refractivity contribution in [1.82, 2.24) is 19.7 Å². The fourth-order valence-corrected chi connectivity index (χ4v) is 2.99. The standard InChI is InChI=1S/C17H20FN5O/c1-12-20-13(2)23(21-12)11-17-10-22(5-6-24-17)9-14-3-4-16(18)7-15(14)8-19/h3-4,7,17H,5-6,9-11H2,1-2H3/t17-/m1/s1. The highest BCUT2D eigenvalue weighted by molar-refractivity contribution is 5.37. The number of aromatic nitrogens is 3. The highest BCUT2D eigenvalue weighted by Crippen LogP contribution is 2.16. The van der Waals surface area contributed by atoms with Crippen molar-refractivity contribution in [2.75, 3.05) is 19.7 Å². The highest BCUT2D eigenvalue weighted by Gasteiger charge is 2.22. The Morgan fingerprint density at radius 1 is 1.42 bits per heavy atom. The molecule has 1 aliphatic rings. The van der Waals surface area contributed by atoms with E-state index in [0.717, 1.165) is 30.3 Å². The van der Waals surface area contributed by atoms with Gasteiger partial charge >= 0.3 is 0 Å². The third-order valence-corrected chi connectivity index (χ3v) is 4.15. The fourth-order valence-electron chi connectivity index (χ4n) is 2.99. The molecular formula is C17H20FN5O. The summed E-state index contributed by atoms with van der Waals surface area (Å²) in [5, 5.41) is 13.5. The number of nitriles is 1. The molecule has 3 rings (SSSR count). The molecule has 1 aromatic heterocycles. The molecular weight excluding hydrogens is 309 g/mol. The summed E-state index contributed by atoms with van der Waals surface area (Å²) >= 11 is 0. The molecule has 0 bridgehead atoms. The number of rotatable bonds is 4. The molecule has 1 aromatic carbocycles. The summed E-state index contributed by atoms with van der Waals surface area (Å²) in [6.07, 6.45) is 0.0181. The van der Waals surface area contributed by atoms with Crippen LogP contribution in [0, 0.1) is 31.0 Å². The first-order valence-corrected chi connectivity index (χ1v) is 7.95. The van der Waals surface area contributed by atoms with E-state index in [1.165, 1.54) is 12.1 Å². The summed E-state index contributed by atoms with van der Waals surface area (Å²) in [4.78, 5) is 6.53. The largest absolute Gasteiger partial charge is 0.374 e. The Hall–Kier alpha value is -2.30. The summed E-state index contributed by atoms with van der Waals surface area (Å²) in [6, 6.07) is 6.44. The van der Waals surface area contributed by atoms with Crippen LogP contribution >= 0.6 is 0 Å². The predicted molar refractivity (Wildman–Crippen MR) is 85.6 cm³/mol. The van der Waals surface area contributed by atoms with Crippen molar-refractivity contribution < 1.29 is 9.13 Å². The van der Waals surface area contributed by atoms with Crippen molar-refractivity contribution >= 4 is 0 Å². The van der Waals surface area contributed by atoms with Crippen LogP contribution in [0.15, 0.2) is 18.2 Å². The molecule has 0 N–H and O–H groups in total. The van der Waals surface area contributed by atoms with E-state index in [0.29, 0.717) is 25.3 Å². The molecule has 7 heteroatoms. The van der Waals surface area contributed by atoms with Gasteiger partial charge in [0.2, 0.25) is 0 Å². The molecule has 0 spiro atoms. The van der Waals surface area contributed by atoms with Crippen LogP contribution in [-0.2, 0) is 17.8 Å². The third kappa shape index (κ3) is 3.78. The second-order valence-corrected chi connectivity index (χ2v) is 6.03. The van der Waals surface area contributed by atoms with Gasteiger partial charge in [0.25, 0.3) is 0 Å². The number of halogens is 1. The van der Waals surface area contributed by atoms with Gasteiger partial charge in [-0.15, -0.1) is 0 Å². The number of ether oxygens (including phenoxy) is 1. The molecule has 2 aromatic rings. The maximum Gasteiger partial charge on any atom is 0.147 e. The summed E-state index contributed by atoms with van der Waals surface area (Å²) in [5.74, 6) is 1.25. The number of morpholine rings is 1. The van der Waals surface area contributed by atoms with E-state index in [-0.39, 0.29) is 11.9 Å². The number of hydrogen-bond donors (Lipinski definition) is 0. The van der Waals surface area contributed by atoms with Crippen LogP contribution in [-0.4, -0.2) is 45.5 Å². The minimum absolute atomic E-state index is 0.0181. The molecule has 1 saturated heterocycles. The smallest absolute Gasteiger partial charge is 0.147 e. The lowest BCUT2D eigenvalue weighted by Crippen LogP contribution is -2.44. The molecule has 0 aliphatic carbocycles. The van der Waals surface area contributed by atoms with Crippen molar-refractivity contribution in [2.24, 2.45) is 0 Å². The number of aryl methyl sites for hydroxylation is 2. The van der Waals surface area contributed by atoms with Gasteiger partial charge in [-0.05, 0) is 31.5 Å². The predicted octanol–water partition coefficient (Wildman–Crippen LogP) is 1.81. The Labute approximate surface area is 140 Å². The lowest BCUT2D eigenvalue weighted by molar-refractivity contribution is -0.0405. The molecule has 2 heterocycles. The minimum Gasteiger partial charge on any atom is -0.374 e. The topological polar surface area (TPSA) is 67.0 Å². The molecule has 1 fully saturated rings. The fraction of sp³-hybridized carbons (Fsp3) is 0.471. The molecule has 0 unspecified atom stereocenters. The van der Waals surface area contributed by atoms with Gasteiger partial charge in [0.15, 0.2) is 0 Å². The SMILES string of the molecule is Cc1nc(C)n(C[C@H]2CN(Cc3ccc(F)cc3C#N)CCO2)n1. The Morgan fingerprint density at radius 3 is 2.96 bits per heavy atom. The summed E-state index contributed by atoms with van der Waals surface area (Å²) in [6.45, 7) is 7.21. The van der Waals surface area contributed by atoms with Gasteiger partial charge in [0.1, 0.15) is 17.5 Å². The summed E-state index contributed by atoms with van der Waals surface area (Å²) in [7, 11) is 0. The monoisotopic (exact) mass is 329 g/mol. The van der Waals surface area contributed by atoms with E-state index >= 15 is 0 Å². The molecule has 0 amide bonds. The second-order valence-electron chi connectivity index (χ2n) is 6.03. The number of benzene rings is 1. The van der Waals surface area contributed by atoms with Crippen LogP contribution in [0.4, 0.5) is 4.39 Å². The zero-order valence-electron chi connectivity index (χ0n) is 13.9. The zero-order chi connectivity index (χ0) is 17.1. The Kier molecular flexibility index (Phi) is 4.88.